The van der Waals surface area contributed by atoms with Gasteiger partial charge in [-0.3, -0.25) is 4.79 Å². The van der Waals surface area contributed by atoms with Crippen molar-refractivity contribution in [2.75, 3.05) is 0 Å². The van der Waals surface area contributed by atoms with Gasteiger partial charge in [0, 0.05) is 41.9 Å². The lowest BCUT2D eigenvalue weighted by Crippen LogP contribution is -2.33. The zero-order chi connectivity index (χ0) is 30.4. The van der Waals surface area contributed by atoms with Crippen molar-refractivity contribution in [3.05, 3.63) is 83.1 Å². The molecule has 8 nitrogen and oxygen atoms in total. The van der Waals surface area contributed by atoms with E-state index in [1.165, 1.54) is 0 Å². The predicted molar refractivity (Wildman–Crippen MR) is 153 cm³/mol. The summed E-state index contributed by atoms with van der Waals surface area (Å²) in [6, 6.07) is 0. The number of hydrogen-bond donors (Lipinski definition) is 0. The molecule has 3 rings (SSSR count). The Labute approximate surface area is 242 Å². The Morgan fingerprint density at radius 3 is 1.56 bits per heavy atom. The Morgan fingerprint density at radius 2 is 1.17 bits per heavy atom. The Morgan fingerprint density at radius 1 is 0.707 bits per heavy atom. The molecule has 0 N–H and O–H groups in total. The van der Waals surface area contributed by atoms with Gasteiger partial charge in [-0.25, -0.2) is 14.4 Å². The summed E-state index contributed by atoms with van der Waals surface area (Å²) in [7, 11) is 0. The summed E-state index contributed by atoms with van der Waals surface area (Å²) in [5.74, 6) is -0.0854. The molecular formula is C33H40O8. The van der Waals surface area contributed by atoms with E-state index in [1.54, 1.807) is 51.2 Å². The molecule has 0 aromatic rings. The lowest BCUT2D eigenvalue weighted by atomic mass is 9.76. The maximum absolute atomic E-state index is 12.8. The molecule has 0 saturated heterocycles. The summed E-state index contributed by atoms with van der Waals surface area (Å²) in [6.45, 7) is 14.7. The number of esters is 4. The largest absolute Gasteiger partial charge is 0.459 e. The van der Waals surface area contributed by atoms with Gasteiger partial charge in [0.25, 0.3) is 0 Å². The van der Waals surface area contributed by atoms with E-state index in [0.717, 1.165) is 11.6 Å². The maximum Gasteiger partial charge on any atom is 0.339 e. The summed E-state index contributed by atoms with van der Waals surface area (Å²) >= 11 is 0. The van der Waals surface area contributed by atoms with Crippen molar-refractivity contribution >= 4 is 23.9 Å². The Bertz CT molecular complexity index is 1290. The second-order valence-corrected chi connectivity index (χ2v) is 11.9. The third-order valence-electron chi connectivity index (χ3n) is 7.45. The van der Waals surface area contributed by atoms with Crippen LogP contribution in [0, 0.1) is 10.8 Å². The molecule has 0 saturated carbocycles. The molecule has 0 fully saturated rings. The average molecular weight is 565 g/mol. The Hall–Kier alpha value is -3.94. The zero-order valence-corrected chi connectivity index (χ0v) is 24.8. The minimum Gasteiger partial charge on any atom is -0.459 e. The van der Waals surface area contributed by atoms with Crippen LogP contribution >= 0.6 is 0 Å². The highest BCUT2D eigenvalue weighted by Gasteiger charge is 2.33. The first-order valence-electron chi connectivity index (χ1n) is 13.9. The van der Waals surface area contributed by atoms with E-state index >= 15 is 0 Å². The fourth-order valence-corrected chi connectivity index (χ4v) is 4.26. The van der Waals surface area contributed by atoms with Gasteiger partial charge >= 0.3 is 23.9 Å². The number of ether oxygens (including phenoxy) is 4. The number of carbonyl (C=O) groups excluding carboxylic acids is 4. The highest BCUT2D eigenvalue weighted by molar-refractivity contribution is 5.94. The van der Waals surface area contributed by atoms with Crippen molar-refractivity contribution in [1.82, 2.24) is 0 Å². The topological polar surface area (TPSA) is 105 Å². The van der Waals surface area contributed by atoms with Crippen molar-refractivity contribution < 1.29 is 38.1 Å². The van der Waals surface area contributed by atoms with E-state index in [0.29, 0.717) is 66.9 Å². The van der Waals surface area contributed by atoms with Gasteiger partial charge in [0.05, 0.1) is 5.41 Å². The van der Waals surface area contributed by atoms with Crippen LogP contribution in [0.15, 0.2) is 83.1 Å². The van der Waals surface area contributed by atoms with E-state index in [2.05, 4.69) is 6.58 Å². The van der Waals surface area contributed by atoms with Crippen LogP contribution in [0.2, 0.25) is 0 Å². The molecule has 8 heteroatoms. The van der Waals surface area contributed by atoms with Crippen molar-refractivity contribution in [3.63, 3.8) is 0 Å². The lowest BCUT2D eigenvalue weighted by molar-refractivity contribution is -0.149. The lowest BCUT2D eigenvalue weighted by Gasteiger charge is -2.35. The molecule has 3 aliphatic carbocycles. The van der Waals surface area contributed by atoms with Crippen molar-refractivity contribution in [2.45, 2.75) is 86.2 Å². The predicted octanol–water partition coefficient (Wildman–Crippen LogP) is 6.62. The summed E-state index contributed by atoms with van der Waals surface area (Å²) in [5, 5.41) is 0. The van der Waals surface area contributed by atoms with Crippen LogP contribution in [0.1, 0.15) is 80.1 Å². The maximum atomic E-state index is 12.8. The molecule has 1 unspecified atom stereocenters. The van der Waals surface area contributed by atoms with E-state index in [-0.39, 0.29) is 12.1 Å². The summed E-state index contributed by atoms with van der Waals surface area (Å²) in [4.78, 5) is 49.1. The van der Waals surface area contributed by atoms with Crippen LogP contribution in [-0.2, 0) is 38.1 Å². The third-order valence-corrected chi connectivity index (χ3v) is 7.45. The zero-order valence-electron chi connectivity index (χ0n) is 24.8. The fraction of sp³-hybridized carbons (Fsp3) is 0.455. The number of rotatable bonds is 9. The minimum absolute atomic E-state index is 0.311. The molecule has 0 radical (unpaired) electrons. The first-order chi connectivity index (χ1) is 19.2. The molecule has 0 aromatic carbocycles. The van der Waals surface area contributed by atoms with Crippen LogP contribution in [0.5, 0.6) is 0 Å². The molecule has 0 heterocycles. The molecule has 0 bridgehead atoms. The van der Waals surface area contributed by atoms with Crippen LogP contribution in [0.4, 0.5) is 0 Å². The van der Waals surface area contributed by atoms with Gasteiger partial charge in [-0.05, 0) is 65.2 Å². The van der Waals surface area contributed by atoms with E-state index in [4.69, 9.17) is 18.9 Å². The van der Waals surface area contributed by atoms with Crippen LogP contribution in [-0.4, -0.2) is 30.0 Å². The normalized spacial score (nSPS) is 18.2. The Balaban J connectivity index is 1.55. The highest BCUT2D eigenvalue weighted by Crippen LogP contribution is 2.38. The van der Waals surface area contributed by atoms with Gasteiger partial charge in [0.1, 0.15) is 23.4 Å². The second-order valence-electron chi connectivity index (χ2n) is 11.9. The summed E-state index contributed by atoms with van der Waals surface area (Å²) < 4.78 is 22.0. The Kier molecular flexibility index (Phi) is 10.1. The molecule has 0 spiro atoms. The standard InChI is InChI=1S/C33H40O8/c1-8-28(34)38-21(2)33(6,7)24-13-15-25(16-14-24)39-29(35)22-9-11-23(12-10-22)30(36)40-26-17-19-27(20-18-26)41-31(37)32(3,4)5/h8-9,11,13,15,17,19,21H,1,10,12,14,16,18,20H2,2-7H3. The average Bonchev–Trinajstić information content (AvgIpc) is 2.93. The smallest absolute Gasteiger partial charge is 0.339 e. The van der Waals surface area contributed by atoms with Gasteiger partial charge < -0.3 is 18.9 Å². The van der Waals surface area contributed by atoms with Gasteiger partial charge in [0.2, 0.25) is 0 Å². The first-order valence-corrected chi connectivity index (χ1v) is 13.9. The summed E-state index contributed by atoms with van der Waals surface area (Å²) in [6.07, 6.45) is 13.8. The molecule has 0 aromatic heterocycles. The van der Waals surface area contributed by atoms with E-state index in [1.807, 2.05) is 26.8 Å². The van der Waals surface area contributed by atoms with Crippen molar-refractivity contribution in [2.24, 2.45) is 10.8 Å². The molecule has 41 heavy (non-hydrogen) atoms. The quantitative estimate of drug-likeness (QED) is 0.175. The third kappa shape index (κ3) is 8.52. The van der Waals surface area contributed by atoms with Gasteiger partial charge in [-0.15, -0.1) is 0 Å². The molecular weight excluding hydrogens is 524 g/mol. The van der Waals surface area contributed by atoms with Gasteiger partial charge in [-0.2, -0.15) is 0 Å². The molecule has 220 valence electrons. The molecule has 3 aliphatic rings. The number of allylic oxidation sites excluding steroid dienone is 9. The van der Waals surface area contributed by atoms with Gasteiger partial charge in [-0.1, -0.05) is 44.2 Å². The first kappa shape index (κ1) is 31.6. The second kappa shape index (κ2) is 13.1. The fourth-order valence-electron chi connectivity index (χ4n) is 4.26. The van der Waals surface area contributed by atoms with Crippen molar-refractivity contribution in [3.8, 4) is 0 Å². The summed E-state index contributed by atoms with van der Waals surface area (Å²) in [5.41, 5.74) is 1.05. The minimum atomic E-state index is -0.599. The van der Waals surface area contributed by atoms with E-state index in [9.17, 15) is 19.2 Å². The van der Waals surface area contributed by atoms with Crippen LogP contribution < -0.4 is 0 Å². The number of carbonyl (C=O) groups is 4. The van der Waals surface area contributed by atoms with E-state index < -0.39 is 28.7 Å². The molecule has 0 amide bonds. The molecule has 0 aliphatic heterocycles. The number of hydrogen-bond acceptors (Lipinski definition) is 8. The van der Waals surface area contributed by atoms with Gasteiger partial charge in [0.15, 0.2) is 0 Å². The van der Waals surface area contributed by atoms with Crippen LogP contribution in [0.3, 0.4) is 0 Å². The SMILES string of the molecule is C=CC(=O)OC(C)C(C)(C)C1=CC=C(OC(=O)C2=CC=C(C(=O)OC3=CC=C(OC(=O)C(C)(C)C)CC3)CC2)CC1. The molecule has 1 atom stereocenters. The van der Waals surface area contributed by atoms with Crippen molar-refractivity contribution in [1.29, 1.82) is 0 Å². The highest BCUT2D eigenvalue weighted by atomic mass is 16.6. The van der Waals surface area contributed by atoms with Crippen LogP contribution in [0.25, 0.3) is 0 Å². The monoisotopic (exact) mass is 564 g/mol.